The summed E-state index contributed by atoms with van der Waals surface area (Å²) in [6.07, 6.45) is 2.43. The largest absolute Gasteiger partial charge is 0.329 e. The normalized spacial score (nSPS) is 21.8. The predicted molar refractivity (Wildman–Crippen MR) is 85.7 cm³/mol. The van der Waals surface area contributed by atoms with Crippen molar-refractivity contribution in [3.05, 3.63) is 53.5 Å². The number of rotatable bonds is 3. The second kappa shape index (κ2) is 5.67. The van der Waals surface area contributed by atoms with Crippen LogP contribution in [0.3, 0.4) is 0 Å². The number of imide groups is 1. The van der Waals surface area contributed by atoms with Crippen LogP contribution in [0, 0.1) is 17.1 Å². The van der Waals surface area contributed by atoms with Crippen LogP contribution in [0.4, 0.5) is 9.18 Å². The molecule has 2 unspecified atom stereocenters. The minimum atomic E-state index is -0.558. The van der Waals surface area contributed by atoms with Crippen molar-refractivity contribution in [3.8, 4) is 17.3 Å². The number of nitrogens with one attached hydrogen (secondary N) is 1. The van der Waals surface area contributed by atoms with Crippen molar-refractivity contribution in [1.29, 1.82) is 5.26 Å². The fourth-order valence-corrected chi connectivity index (χ4v) is 3.16. The van der Waals surface area contributed by atoms with Gasteiger partial charge in [0.2, 0.25) is 5.91 Å². The molecular weight excluding hydrogens is 323 g/mol. The molecule has 1 aliphatic carbocycles. The highest BCUT2D eigenvalue weighted by Crippen LogP contribution is 2.45. The average molecular weight is 336 g/mol. The lowest BCUT2D eigenvalue weighted by atomic mass is 10.1. The van der Waals surface area contributed by atoms with Gasteiger partial charge < -0.3 is 5.32 Å². The summed E-state index contributed by atoms with van der Waals surface area (Å²) < 4.78 is 13.4. The van der Waals surface area contributed by atoms with Crippen molar-refractivity contribution in [2.24, 2.45) is 0 Å². The van der Waals surface area contributed by atoms with Gasteiger partial charge in [-0.1, -0.05) is 6.07 Å². The number of hydrogen-bond acceptors (Lipinski definition) is 4. The lowest BCUT2D eigenvalue weighted by Gasteiger charge is -2.12. The van der Waals surface area contributed by atoms with Crippen LogP contribution < -0.4 is 5.32 Å². The van der Waals surface area contributed by atoms with Gasteiger partial charge in [0, 0.05) is 23.7 Å². The van der Waals surface area contributed by atoms with Crippen LogP contribution in [0.25, 0.3) is 11.3 Å². The van der Waals surface area contributed by atoms with Crippen molar-refractivity contribution in [3.63, 3.8) is 0 Å². The summed E-state index contributed by atoms with van der Waals surface area (Å²) in [4.78, 5) is 29.1. The summed E-state index contributed by atoms with van der Waals surface area (Å²) in [5.74, 6) is -0.660. The van der Waals surface area contributed by atoms with Gasteiger partial charge in [0.05, 0.1) is 17.8 Å². The average Bonchev–Trinajstić information content (AvgIpc) is 3.34. The number of carbonyl (C=O) groups is 2. The molecule has 1 aromatic heterocycles. The Bertz CT molecular complexity index is 904. The van der Waals surface area contributed by atoms with Crippen molar-refractivity contribution in [1.82, 2.24) is 15.2 Å². The Hall–Kier alpha value is -3.27. The number of hydrogen-bond donors (Lipinski definition) is 1. The molecule has 2 aliphatic rings. The number of nitriles is 1. The Kier molecular flexibility index (Phi) is 3.46. The Morgan fingerprint density at radius 2 is 2.12 bits per heavy atom. The zero-order chi connectivity index (χ0) is 17.6. The molecule has 2 fully saturated rings. The van der Waals surface area contributed by atoms with Crippen LogP contribution in [-0.2, 0) is 4.79 Å². The fourth-order valence-electron chi connectivity index (χ4n) is 3.16. The zero-order valence-electron chi connectivity index (χ0n) is 13.1. The second-order valence-electron chi connectivity index (χ2n) is 6.12. The van der Waals surface area contributed by atoms with Gasteiger partial charge in [0.1, 0.15) is 11.9 Å². The summed E-state index contributed by atoms with van der Waals surface area (Å²) in [6.45, 7) is 0.0605. The molecule has 7 heteroatoms. The quantitative estimate of drug-likeness (QED) is 0.870. The molecule has 2 atom stereocenters. The number of nitrogens with zero attached hydrogens (tertiary/aromatic N) is 3. The molecule has 2 aromatic rings. The van der Waals surface area contributed by atoms with Crippen LogP contribution in [0.15, 0.2) is 36.5 Å². The number of urea groups is 1. The van der Waals surface area contributed by atoms with Gasteiger partial charge in [0.15, 0.2) is 0 Å². The van der Waals surface area contributed by atoms with Crippen molar-refractivity contribution in [2.45, 2.75) is 18.4 Å². The van der Waals surface area contributed by atoms with E-state index in [1.54, 1.807) is 18.3 Å². The predicted octanol–water partition coefficient (Wildman–Crippen LogP) is 2.17. The van der Waals surface area contributed by atoms with Crippen LogP contribution >= 0.6 is 0 Å². The zero-order valence-corrected chi connectivity index (χ0v) is 13.1. The van der Waals surface area contributed by atoms with E-state index in [4.69, 9.17) is 5.26 Å². The summed E-state index contributed by atoms with van der Waals surface area (Å²) in [5.41, 5.74) is 2.21. The van der Waals surface area contributed by atoms with Gasteiger partial charge in [-0.05, 0) is 36.2 Å². The highest BCUT2D eigenvalue weighted by atomic mass is 19.1. The highest BCUT2D eigenvalue weighted by Gasteiger charge is 2.49. The van der Waals surface area contributed by atoms with E-state index in [9.17, 15) is 14.0 Å². The Labute approximate surface area is 142 Å². The van der Waals surface area contributed by atoms with Crippen molar-refractivity contribution < 1.29 is 14.0 Å². The molecule has 1 saturated carbocycles. The minimum absolute atomic E-state index is 0.0239. The first kappa shape index (κ1) is 15.3. The number of carbonyl (C=O) groups excluding carboxylic acids is 2. The van der Waals surface area contributed by atoms with Gasteiger partial charge in [-0.3, -0.25) is 14.7 Å². The maximum absolute atomic E-state index is 13.4. The summed E-state index contributed by atoms with van der Waals surface area (Å²) in [5, 5.41) is 11.4. The van der Waals surface area contributed by atoms with Crippen molar-refractivity contribution >= 4 is 11.9 Å². The number of halogens is 1. The molecule has 1 saturated heterocycles. The summed E-state index contributed by atoms with van der Waals surface area (Å²) in [6, 6.07) is 9.34. The second-order valence-corrected chi connectivity index (χ2v) is 6.12. The molecule has 25 heavy (non-hydrogen) atoms. The highest BCUT2D eigenvalue weighted by molar-refractivity contribution is 6.02. The topological polar surface area (TPSA) is 86.1 Å². The first-order valence-corrected chi connectivity index (χ1v) is 7.84. The van der Waals surface area contributed by atoms with E-state index in [1.807, 2.05) is 12.1 Å². The molecule has 3 amide bonds. The molecule has 1 N–H and O–H groups in total. The molecule has 6 nitrogen and oxygen atoms in total. The van der Waals surface area contributed by atoms with Crippen LogP contribution in [0.1, 0.15) is 23.5 Å². The van der Waals surface area contributed by atoms with Crippen molar-refractivity contribution in [2.75, 3.05) is 6.54 Å². The van der Waals surface area contributed by atoms with E-state index in [-0.39, 0.29) is 36.0 Å². The van der Waals surface area contributed by atoms with E-state index in [2.05, 4.69) is 10.3 Å². The van der Waals surface area contributed by atoms with Gasteiger partial charge in [0.25, 0.3) is 0 Å². The van der Waals surface area contributed by atoms with Crippen LogP contribution in [-0.4, -0.2) is 34.4 Å². The maximum atomic E-state index is 13.4. The van der Waals surface area contributed by atoms with Crippen LogP contribution in [0.2, 0.25) is 0 Å². The lowest BCUT2D eigenvalue weighted by Crippen LogP contribution is -2.33. The molecule has 0 spiro atoms. The monoisotopic (exact) mass is 336 g/mol. The molecule has 0 bridgehead atoms. The first-order valence-electron chi connectivity index (χ1n) is 7.84. The molecule has 1 aliphatic heterocycles. The van der Waals surface area contributed by atoms with E-state index >= 15 is 0 Å². The molecule has 124 valence electrons. The third-order valence-electron chi connectivity index (χ3n) is 4.56. The van der Waals surface area contributed by atoms with Crippen LogP contribution in [0.5, 0.6) is 0 Å². The molecule has 1 aromatic carbocycles. The molecule has 4 rings (SSSR count). The smallest absolute Gasteiger partial charge is 0.324 e. The van der Waals surface area contributed by atoms with E-state index in [1.165, 1.54) is 17.0 Å². The molecular formula is C18H13FN4O2. The lowest BCUT2D eigenvalue weighted by molar-refractivity contribution is -0.125. The van der Waals surface area contributed by atoms with E-state index < -0.39 is 5.82 Å². The van der Waals surface area contributed by atoms with E-state index in [0.29, 0.717) is 11.3 Å². The minimum Gasteiger partial charge on any atom is -0.329 e. The third-order valence-corrected chi connectivity index (χ3v) is 4.56. The number of benzene rings is 1. The Balaban J connectivity index is 1.53. The summed E-state index contributed by atoms with van der Waals surface area (Å²) >= 11 is 0. The SMILES string of the molecule is N#Cc1cc(-c2ccc(C3CC3N3C(=O)CNC3=O)cn2)ccc1F. The first-order chi connectivity index (χ1) is 12.1. The molecule has 0 radical (unpaired) electrons. The Morgan fingerprint density at radius 1 is 1.28 bits per heavy atom. The van der Waals surface area contributed by atoms with E-state index in [0.717, 1.165) is 12.0 Å². The number of pyridine rings is 1. The van der Waals surface area contributed by atoms with Gasteiger partial charge in [-0.2, -0.15) is 5.26 Å². The standard InChI is InChI=1S/C18H13FN4O2/c19-14-3-1-10(5-12(14)7-20)15-4-2-11(8-21-15)13-6-16(13)23-17(24)9-22-18(23)25/h1-5,8,13,16H,6,9H2,(H,22,25). The fraction of sp³-hybridized carbons (Fsp3) is 0.222. The Morgan fingerprint density at radius 3 is 2.76 bits per heavy atom. The molecule has 2 heterocycles. The summed E-state index contributed by atoms with van der Waals surface area (Å²) in [7, 11) is 0. The number of amides is 3. The third kappa shape index (κ3) is 2.62. The van der Waals surface area contributed by atoms with Gasteiger partial charge >= 0.3 is 6.03 Å². The maximum Gasteiger partial charge on any atom is 0.324 e. The van der Waals surface area contributed by atoms with Gasteiger partial charge in [-0.15, -0.1) is 0 Å². The number of aromatic nitrogens is 1. The van der Waals surface area contributed by atoms with Gasteiger partial charge in [-0.25, -0.2) is 9.18 Å².